The van der Waals surface area contributed by atoms with Crippen molar-refractivity contribution in [2.45, 2.75) is 45.6 Å². The Hall–Kier alpha value is -0.840. The molecule has 1 aromatic heterocycles. The van der Waals surface area contributed by atoms with Gasteiger partial charge in [0.25, 0.3) is 5.91 Å². The Morgan fingerprint density at radius 3 is 2.70 bits per heavy atom. The zero-order chi connectivity index (χ0) is 14.4. The summed E-state index contributed by atoms with van der Waals surface area (Å²) in [5, 5.41) is 7.45. The molecule has 0 unspecified atom stereocenters. The minimum atomic E-state index is -0.0594. The van der Waals surface area contributed by atoms with E-state index in [1.807, 2.05) is 14.0 Å². The molecule has 0 saturated heterocycles. The summed E-state index contributed by atoms with van der Waals surface area (Å²) in [5.41, 5.74) is 1.47. The van der Waals surface area contributed by atoms with Gasteiger partial charge in [-0.1, -0.05) is 6.42 Å². The van der Waals surface area contributed by atoms with Crippen molar-refractivity contribution in [2.24, 2.45) is 24.8 Å². The van der Waals surface area contributed by atoms with Gasteiger partial charge < -0.3 is 5.32 Å². The highest BCUT2D eigenvalue weighted by Gasteiger charge is 2.42. The lowest BCUT2D eigenvalue weighted by Gasteiger charge is -2.28. The van der Waals surface area contributed by atoms with Crippen LogP contribution in [0.5, 0.6) is 0 Å². The predicted octanol–water partition coefficient (Wildman–Crippen LogP) is 3.05. The molecule has 2 aliphatic carbocycles. The number of amides is 1. The Morgan fingerprint density at radius 1 is 1.45 bits per heavy atom. The van der Waals surface area contributed by atoms with Crippen molar-refractivity contribution in [3.8, 4) is 0 Å². The second-order valence-corrected chi connectivity index (χ2v) is 7.27. The highest BCUT2D eigenvalue weighted by atomic mass is 79.9. The van der Waals surface area contributed by atoms with E-state index in [1.54, 1.807) is 4.68 Å². The monoisotopic (exact) mass is 339 g/mol. The van der Waals surface area contributed by atoms with E-state index >= 15 is 0 Å². The van der Waals surface area contributed by atoms with Gasteiger partial charge in [0, 0.05) is 13.1 Å². The summed E-state index contributed by atoms with van der Waals surface area (Å²) < 4.78 is 2.54. The van der Waals surface area contributed by atoms with E-state index in [2.05, 4.69) is 33.3 Å². The number of carbonyl (C=O) groups is 1. The maximum absolute atomic E-state index is 12.4. The fraction of sp³-hybridized carbons (Fsp3) is 0.733. The number of carbonyl (C=O) groups excluding carboxylic acids is 1. The fourth-order valence-corrected chi connectivity index (χ4v) is 4.53. The topological polar surface area (TPSA) is 46.9 Å². The van der Waals surface area contributed by atoms with Crippen LogP contribution < -0.4 is 5.32 Å². The van der Waals surface area contributed by atoms with E-state index in [1.165, 1.54) is 25.7 Å². The van der Waals surface area contributed by atoms with Gasteiger partial charge in [0.05, 0.1) is 10.2 Å². The van der Waals surface area contributed by atoms with E-state index in [9.17, 15) is 4.79 Å². The third kappa shape index (κ3) is 2.30. The summed E-state index contributed by atoms with van der Waals surface area (Å²) in [6.07, 6.45) is 5.40. The molecule has 20 heavy (non-hydrogen) atoms. The summed E-state index contributed by atoms with van der Waals surface area (Å²) in [4.78, 5) is 12.4. The van der Waals surface area contributed by atoms with Gasteiger partial charge in [0.1, 0.15) is 0 Å². The average Bonchev–Trinajstić information content (AvgIpc) is 3.10. The normalized spacial score (nSPS) is 29.7. The Balaban J connectivity index is 1.68. The molecule has 1 heterocycles. The molecule has 2 aliphatic rings. The van der Waals surface area contributed by atoms with Crippen LogP contribution in [0.25, 0.3) is 0 Å². The first kappa shape index (κ1) is 14.1. The molecule has 0 spiro atoms. The minimum absolute atomic E-state index is 0.0594. The molecule has 0 aliphatic heterocycles. The summed E-state index contributed by atoms with van der Waals surface area (Å²) in [7, 11) is 1.86. The van der Waals surface area contributed by atoms with Crippen LogP contribution in [0.1, 0.15) is 48.8 Å². The van der Waals surface area contributed by atoms with Gasteiger partial charge in [-0.25, -0.2) is 0 Å². The second-order valence-electron chi connectivity index (χ2n) is 6.47. The highest BCUT2D eigenvalue weighted by Crippen LogP contribution is 2.49. The molecule has 2 fully saturated rings. The smallest absolute Gasteiger partial charge is 0.273 e. The van der Waals surface area contributed by atoms with Crippen LogP contribution in [0.3, 0.4) is 0 Å². The summed E-state index contributed by atoms with van der Waals surface area (Å²) in [6.45, 7) is 4.10. The molecule has 110 valence electrons. The van der Waals surface area contributed by atoms with Gasteiger partial charge in [-0.05, 0) is 66.8 Å². The average molecular weight is 340 g/mol. The maximum Gasteiger partial charge on any atom is 0.273 e. The maximum atomic E-state index is 12.4. The van der Waals surface area contributed by atoms with Crippen molar-refractivity contribution in [3.05, 3.63) is 15.9 Å². The van der Waals surface area contributed by atoms with Gasteiger partial charge in [-0.15, -0.1) is 0 Å². The van der Waals surface area contributed by atoms with Crippen molar-refractivity contribution in [1.29, 1.82) is 0 Å². The van der Waals surface area contributed by atoms with Gasteiger partial charge in [0.15, 0.2) is 5.69 Å². The number of halogens is 1. The van der Waals surface area contributed by atoms with Crippen LogP contribution in [-0.4, -0.2) is 21.7 Å². The lowest BCUT2D eigenvalue weighted by molar-refractivity contribution is 0.0908. The molecule has 0 aromatic carbocycles. The van der Waals surface area contributed by atoms with E-state index in [0.717, 1.165) is 22.0 Å². The van der Waals surface area contributed by atoms with E-state index in [0.29, 0.717) is 11.6 Å². The Kier molecular flexibility index (Phi) is 3.65. The van der Waals surface area contributed by atoms with Crippen LogP contribution in [0, 0.1) is 24.7 Å². The van der Waals surface area contributed by atoms with E-state index in [-0.39, 0.29) is 11.9 Å². The molecule has 1 N–H and O–H groups in total. The molecule has 0 radical (unpaired) electrons. The van der Waals surface area contributed by atoms with Crippen molar-refractivity contribution < 1.29 is 4.79 Å². The summed E-state index contributed by atoms with van der Waals surface area (Å²) in [6, 6.07) is 0.243. The summed E-state index contributed by atoms with van der Waals surface area (Å²) >= 11 is 3.46. The molecule has 2 bridgehead atoms. The van der Waals surface area contributed by atoms with Gasteiger partial charge in [0.2, 0.25) is 0 Å². The van der Waals surface area contributed by atoms with Gasteiger partial charge in [-0.3, -0.25) is 9.48 Å². The number of hydrogen-bond donors (Lipinski definition) is 1. The largest absolute Gasteiger partial charge is 0.348 e. The van der Waals surface area contributed by atoms with Crippen LogP contribution in [-0.2, 0) is 7.05 Å². The zero-order valence-corrected chi connectivity index (χ0v) is 13.9. The first-order chi connectivity index (χ1) is 9.47. The standard InChI is InChI=1S/C15H22BrN3O/c1-8(12-7-10-4-5-11(12)6-10)17-15(20)14-13(16)9(2)19(3)18-14/h8,10-12H,4-7H2,1-3H3,(H,17,20)/t8-,10+,11+,12-/m1/s1. The van der Waals surface area contributed by atoms with Crippen molar-refractivity contribution in [1.82, 2.24) is 15.1 Å². The van der Waals surface area contributed by atoms with Crippen LogP contribution in [0.15, 0.2) is 4.47 Å². The zero-order valence-electron chi connectivity index (χ0n) is 12.3. The first-order valence-corrected chi connectivity index (χ1v) is 8.26. The quantitative estimate of drug-likeness (QED) is 0.919. The third-order valence-electron chi connectivity index (χ3n) is 5.27. The SMILES string of the molecule is Cc1c(Br)c(C(=O)N[C@H](C)[C@H]2C[C@H]3CC[C@H]2C3)nn1C. The lowest BCUT2D eigenvalue weighted by Crippen LogP contribution is -2.40. The van der Waals surface area contributed by atoms with Crippen LogP contribution >= 0.6 is 15.9 Å². The number of hydrogen-bond acceptors (Lipinski definition) is 2. The number of nitrogens with zero attached hydrogens (tertiary/aromatic N) is 2. The Labute approximate surface area is 128 Å². The Morgan fingerprint density at radius 2 is 2.20 bits per heavy atom. The second kappa shape index (κ2) is 5.17. The molecule has 4 nitrogen and oxygen atoms in total. The van der Waals surface area contributed by atoms with E-state index < -0.39 is 0 Å². The minimum Gasteiger partial charge on any atom is -0.348 e. The molecular weight excluding hydrogens is 318 g/mol. The predicted molar refractivity (Wildman–Crippen MR) is 81.5 cm³/mol. The molecule has 1 aromatic rings. The first-order valence-electron chi connectivity index (χ1n) is 7.47. The van der Waals surface area contributed by atoms with Crippen LogP contribution in [0.2, 0.25) is 0 Å². The van der Waals surface area contributed by atoms with Crippen molar-refractivity contribution >= 4 is 21.8 Å². The van der Waals surface area contributed by atoms with Crippen molar-refractivity contribution in [2.75, 3.05) is 0 Å². The van der Waals surface area contributed by atoms with E-state index in [4.69, 9.17) is 0 Å². The number of rotatable bonds is 3. The third-order valence-corrected chi connectivity index (χ3v) is 6.22. The molecule has 4 atom stereocenters. The molecule has 3 rings (SSSR count). The molecule has 5 heteroatoms. The molecular formula is C15H22BrN3O. The van der Waals surface area contributed by atoms with Gasteiger partial charge >= 0.3 is 0 Å². The number of aryl methyl sites for hydroxylation is 1. The van der Waals surface area contributed by atoms with Crippen LogP contribution in [0.4, 0.5) is 0 Å². The molecule has 1 amide bonds. The number of aromatic nitrogens is 2. The number of nitrogens with one attached hydrogen (secondary N) is 1. The molecule has 2 saturated carbocycles. The summed E-state index contributed by atoms with van der Waals surface area (Å²) in [5.74, 6) is 2.33. The highest BCUT2D eigenvalue weighted by molar-refractivity contribution is 9.10. The lowest BCUT2D eigenvalue weighted by atomic mass is 9.84. The Bertz CT molecular complexity index is 539. The fourth-order valence-electron chi connectivity index (χ4n) is 4.02. The number of fused-ring (bicyclic) bond motifs is 2. The van der Waals surface area contributed by atoms with Crippen molar-refractivity contribution in [3.63, 3.8) is 0 Å². The van der Waals surface area contributed by atoms with Gasteiger partial charge in [-0.2, -0.15) is 5.10 Å².